The Morgan fingerprint density at radius 1 is 1.22 bits per heavy atom. The zero-order valence-corrected chi connectivity index (χ0v) is 12.0. The minimum Gasteiger partial charge on any atom is -0.396 e. The van der Waals surface area contributed by atoms with Crippen molar-refractivity contribution in [1.82, 2.24) is 5.32 Å². The maximum Gasteiger partial charge on any atom is 0.223 e. The number of nitrogens with one attached hydrogen (secondary N) is 1. The third-order valence-corrected chi connectivity index (χ3v) is 4.76. The summed E-state index contributed by atoms with van der Waals surface area (Å²) in [7, 11) is 0. The van der Waals surface area contributed by atoms with Gasteiger partial charge < -0.3 is 10.4 Å². The average molecular weight is 255 g/mol. The van der Waals surface area contributed by atoms with E-state index in [1.54, 1.807) is 0 Å². The van der Waals surface area contributed by atoms with Crippen LogP contribution in [0.3, 0.4) is 0 Å². The fourth-order valence-corrected chi connectivity index (χ4v) is 2.96. The van der Waals surface area contributed by atoms with E-state index in [4.69, 9.17) is 5.11 Å². The van der Waals surface area contributed by atoms with Crippen LogP contribution in [0.2, 0.25) is 0 Å². The summed E-state index contributed by atoms with van der Waals surface area (Å²) < 4.78 is 0. The molecule has 0 heterocycles. The first-order chi connectivity index (χ1) is 8.67. The highest BCUT2D eigenvalue weighted by Gasteiger charge is 2.28. The Balaban J connectivity index is 2.43. The van der Waals surface area contributed by atoms with Crippen molar-refractivity contribution in [3.05, 3.63) is 0 Å². The van der Waals surface area contributed by atoms with Gasteiger partial charge in [0.1, 0.15) is 0 Å². The Kier molecular flexibility index (Phi) is 6.69. The van der Waals surface area contributed by atoms with Gasteiger partial charge in [0.15, 0.2) is 0 Å². The van der Waals surface area contributed by atoms with Gasteiger partial charge in [0, 0.05) is 19.1 Å². The first-order valence-corrected chi connectivity index (χ1v) is 7.56. The Morgan fingerprint density at radius 3 is 2.33 bits per heavy atom. The Bertz CT molecular complexity index is 243. The number of carbonyl (C=O) groups is 1. The summed E-state index contributed by atoms with van der Waals surface area (Å²) in [5.41, 5.74) is 0.0824. The lowest BCUT2D eigenvalue weighted by Gasteiger charge is -2.32. The summed E-state index contributed by atoms with van der Waals surface area (Å²) >= 11 is 0. The maximum atomic E-state index is 12.1. The number of amides is 1. The Labute approximate surface area is 111 Å². The van der Waals surface area contributed by atoms with E-state index in [0.717, 1.165) is 38.6 Å². The van der Waals surface area contributed by atoms with Crippen molar-refractivity contribution in [1.29, 1.82) is 0 Å². The van der Waals surface area contributed by atoms with Crippen molar-refractivity contribution in [2.24, 2.45) is 11.3 Å². The molecule has 3 nitrogen and oxygen atoms in total. The normalized spacial score (nSPS) is 17.7. The molecule has 1 amide bonds. The van der Waals surface area contributed by atoms with Gasteiger partial charge in [-0.15, -0.1) is 0 Å². The molecule has 0 spiro atoms. The number of carbonyl (C=O) groups excluding carboxylic acids is 1. The van der Waals surface area contributed by atoms with Gasteiger partial charge in [-0.05, 0) is 37.5 Å². The van der Waals surface area contributed by atoms with Crippen LogP contribution in [0, 0.1) is 11.3 Å². The fourth-order valence-electron chi connectivity index (χ4n) is 2.96. The third kappa shape index (κ3) is 4.27. The van der Waals surface area contributed by atoms with Gasteiger partial charge in [-0.1, -0.05) is 33.1 Å². The summed E-state index contributed by atoms with van der Waals surface area (Å²) in [6, 6.07) is 0. The van der Waals surface area contributed by atoms with Crippen LogP contribution in [0.4, 0.5) is 0 Å². The van der Waals surface area contributed by atoms with Crippen LogP contribution in [0.5, 0.6) is 0 Å². The van der Waals surface area contributed by atoms with Crippen LogP contribution in [-0.4, -0.2) is 24.2 Å². The second-order valence-corrected chi connectivity index (χ2v) is 5.73. The molecule has 0 atom stereocenters. The molecule has 106 valence electrons. The standard InChI is InChI=1S/C15H29NO2/c1-3-15(4-2,10-11-17)12-16-14(18)13-8-6-5-7-9-13/h13,17H,3-12H2,1-2H3,(H,16,18). The molecule has 18 heavy (non-hydrogen) atoms. The van der Waals surface area contributed by atoms with Gasteiger partial charge in [-0.2, -0.15) is 0 Å². The van der Waals surface area contributed by atoms with Crippen molar-refractivity contribution < 1.29 is 9.90 Å². The zero-order chi connectivity index (χ0) is 13.4. The van der Waals surface area contributed by atoms with E-state index in [-0.39, 0.29) is 23.8 Å². The van der Waals surface area contributed by atoms with Crippen molar-refractivity contribution in [3.63, 3.8) is 0 Å². The molecule has 0 unspecified atom stereocenters. The van der Waals surface area contributed by atoms with Crippen LogP contribution in [0.15, 0.2) is 0 Å². The molecule has 2 N–H and O–H groups in total. The molecule has 1 rings (SSSR count). The molecule has 3 heteroatoms. The lowest BCUT2D eigenvalue weighted by Crippen LogP contribution is -2.40. The van der Waals surface area contributed by atoms with Crippen molar-refractivity contribution >= 4 is 5.91 Å². The lowest BCUT2D eigenvalue weighted by molar-refractivity contribution is -0.126. The summed E-state index contributed by atoms with van der Waals surface area (Å²) in [6.45, 7) is 5.22. The number of hydrogen-bond acceptors (Lipinski definition) is 2. The molecule has 0 aromatic carbocycles. The van der Waals surface area contributed by atoms with Gasteiger partial charge >= 0.3 is 0 Å². The van der Waals surface area contributed by atoms with Crippen LogP contribution in [-0.2, 0) is 4.79 Å². The SMILES string of the molecule is CCC(CC)(CCO)CNC(=O)C1CCCCC1. The molecule has 0 bridgehead atoms. The summed E-state index contributed by atoms with van der Waals surface area (Å²) in [5.74, 6) is 0.471. The van der Waals surface area contributed by atoms with E-state index >= 15 is 0 Å². The predicted molar refractivity (Wildman–Crippen MR) is 74.3 cm³/mol. The number of hydrogen-bond donors (Lipinski definition) is 2. The summed E-state index contributed by atoms with van der Waals surface area (Å²) in [6.07, 6.45) is 8.58. The fraction of sp³-hybridized carbons (Fsp3) is 0.933. The largest absolute Gasteiger partial charge is 0.396 e. The van der Waals surface area contributed by atoms with Crippen LogP contribution >= 0.6 is 0 Å². The summed E-state index contributed by atoms with van der Waals surface area (Å²) in [5, 5.41) is 12.3. The van der Waals surface area contributed by atoms with E-state index < -0.39 is 0 Å². The Hall–Kier alpha value is -0.570. The summed E-state index contributed by atoms with van der Waals surface area (Å²) in [4.78, 5) is 12.1. The van der Waals surface area contributed by atoms with Gasteiger partial charge in [0.05, 0.1) is 0 Å². The first-order valence-electron chi connectivity index (χ1n) is 7.56. The number of aliphatic hydroxyl groups excluding tert-OH is 1. The van der Waals surface area contributed by atoms with Crippen molar-refractivity contribution in [2.75, 3.05) is 13.2 Å². The van der Waals surface area contributed by atoms with E-state index in [0.29, 0.717) is 0 Å². The van der Waals surface area contributed by atoms with E-state index in [2.05, 4.69) is 19.2 Å². The van der Waals surface area contributed by atoms with Crippen LogP contribution in [0.25, 0.3) is 0 Å². The van der Waals surface area contributed by atoms with Crippen molar-refractivity contribution in [3.8, 4) is 0 Å². The molecular formula is C15H29NO2. The van der Waals surface area contributed by atoms with Gasteiger partial charge in [-0.25, -0.2) is 0 Å². The smallest absolute Gasteiger partial charge is 0.223 e. The minimum absolute atomic E-state index is 0.0824. The second kappa shape index (κ2) is 7.78. The van der Waals surface area contributed by atoms with Gasteiger partial charge in [-0.3, -0.25) is 4.79 Å². The molecule has 1 saturated carbocycles. The maximum absolute atomic E-state index is 12.1. The monoisotopic (exact) mass is 255 g/mol. The number of rotatable bonds is 7. The number of aliphatic hydroxyl groups is 1. The molecule has 1 aliphatic carbocycles. The highest BCUT2D eigenvalue weighted by atomic mass is 16.3. The van der Waals surface area contributed by atoms with Crippen LogP contribution < -0.4 is 5.32 Å². The van der Waals surface area contributed by atoms with E-state index in [1.165, 1.54) is 19.3 Å². The van der Waals surface area contributed by atoms with Crippen molar-refractivity contribution in [2.45, 2.75) is 65.2 Å². The molecule has 0 aromatic rings. The van der Waals surface area contributed by atoms with Crippen LogP contribution in [0.1, 0.15) is 65.2 Å². The van der Waals surface area contributed by atoms with E-state index in [1.807, 2.05) is 0 Å². The molecule has 0 aliphatic heterocycles. The quantitative estimate of drug-likeness (QED) is 0.735. The second-order valence-electron chi connectivity index (χ2n) is 5.73. The predicted octanol–water partition coefficient (Wildman–Crippen LogP) is 2.87. The average Bonchev–Trinajstić information content (AvgIpc) is 2.44. The van der Waals surface area contributed by atoms with Gasteiger partial charge in [0.2, 0.25) is 5.91 Å². The molecule has 0 saturated heterocycles. The lowest BCUT2D eigenvalue weighted by atomic mass is 9.79. The molecular weight excluding hydrogens is 226 g/mol. The topological polar surface area (TPSA) is 49.3 Å². The van der Waals surface area contributed by atoms with E-state index in [9.17, 15) is 4.79 Å². The zero-order valence-electron chi connectivity index (χ0n) is 12.0. The molecule has 0 radical (unpaired) electrons. The van der Waals surface area contributed by atoms with Gasteiger partial charge in [0.25, 0.3) is 0 Å². The first kappa shape index (κ1) is 15.5. The molecule has 0 aromatic heterocycles. The third-order valence-electron chi connectivity index (χ3n) is 4.76. The highest BCUT2D eigenvalue weighted by molar-refractivity contribution is 5.78. The highest BCUT2D eigenvalue weighted by Crippen LogP contribution is 2.30. The molecule has 1 aliphatic rings. The minimum atomic E-state index is 0.0824. The molecule has 1 fully saturated rings. The Morgan fingerprint density at radius 2 is 1.83 bits per heavy atom.